The lowest BCUT2D eigenvalue weighted by Crippen LogP contribution is -2.44. The quantitative estimate of drug-likeness (QED) is 0.767. The number of nitrogens with one attached hydrogen (secondary N) is 1. The number of hydrogen-bond acceptors (Lipinski definition) is 4. The summed E-state index contributed by atoms with van der Waals surface area (Å²) >= 11 is 5.90. The molecule has 1 saturated heterocycles. The number of piperidine rings is 1. The molecule has 2 atom stereocenters. The van der Waals surface area contributed by atoms with Crippen LogP contribution in [0.25, 0.3) is 0 Å². The second-order valence-corrected chi connectivity index (χ2v) is 7.28. The Labute approximate surface area is 163 Å². The molecule has 3 heterocycles. The summed E-state index contributed by atoms with van der Waals surface area (Å²) in [6, 6.07) is 6.92. The number of halogens is 1. The zero-order valence-electron chi connectivity index (χ0n) is 15.4. The lowest BCUT2D eigenvalue weighted by atomic mass is 9.81. The van der Waals surface area contributed by atoms with E-state index in [9.17, 15) is 9.59 Å². The molecule has 2 amide bonds. The van der Waals surface area contributed by atoms with Crippen molar-refractivity contribution in [1.82, 2.24) is 15.2 Å². The normalized spacial score (nSPS) is 19.7. The molecule has 144 valence electrons. The highest BCUT2D eigenvalue weighted by Gasteiger charge is 2.32. The molecule has 7 heteroatoms. The predicted molar refractivity (Wildman–Crippen MR) is 102 cm³/mol. The number of rotatable bonds is 6. The van der Waals surface area contributed by atoms with Gasteiger partial charge in [-0.15, -0.1) is 0 Å². The summed E-state index contributed by atoms with van der Waals surface area (Å²) < 4.78 is 5.23. The molecule has 2 aromatic heterocycles. The average Bonchev–Trinajstić information content (AvgIpc) is 3.20. The third kappa shape index (κ3) is 5.10. The number of carbonyl (C=O) groups is 2. The Balaban J connectivity index is 1.54. The van der Waals surface area contributed by atoms with Crippen LogP contribution in [0, 0.1) is 11.8 Å². The molecule has 1 N–H and O–H groups in total. The number of furan rings is 1. The Hall–Kier alpha value is -2.34. The second-order valence-electron chi connectivity index (χ2n) is 6.90. The summed E-state index contributed by atoms with van der Waals surface area (Å²) in [5, 5.41) is 3.22. The van der Waals surface area contributed by atoms with Crippen molar-refractivity contribution in [2.75, 3.05) is 13.1 Å². The lowest BCUT2D eigenvalue weighted by molar-refractivity contribution is -0.123. The first-order valence-corrected chi connectivity index (χ1v) is 9.64. The van der Waals surface area contributed by atoms with Crippen molar-refractivity contribution >= 4 is 23.4 Å². The summed E-state index contributed by atoms with van der Waals surface area (Å²) in [5.74, 6) is 1.31. The molecule has 0 spiro atoms. The summed E-state index contributed by atoms with van der Waals surface area (Å²) in [7, 11) is 0. The molecule has 2 unspecified atom stereocenters. The first-order chi connectivity index (χ1) is 13.1. The third-order valence-corrected chi connectivity index (χ3v) is 5.37. The van der Waals surface area contributed by atoms with Gasteiger partial charge < -0.3 is 14.6 Å². The van der Waals surface area contributed by atoms with Crippen LogP contribution in [-0.2, 0) is 11.3 Å². The van der Waals surface area contributed by atoms with Gasteiger partial charge in [0.05, 0.1) is 12.8 Å². The third-order valence-electron chi connectivity index (χ3n) is 5.16. The maximum atomic E-state index is 12.7. The van der Waals surface area contributed by atoms with Crippen LogP contribution >= 0.6 is 11.6 Å². The van der Waals surface area contributed by atoms with Crippen LogP contribution in [-0.4, -0.2) is 34.8 Å². The van der Waals surface area contributed by atoms with Crippen LogP contribution in [0.2, 0.25) is 5.15 Å². The van der Waals surface area contributed by atoms with Crippen LogP contribution in [0.1, 0.15) is 42.3 Å². The highest BCUT2D eigenvalue weighted by molar-refractivity contribution is 6.29. The lowest BCUT2D eigenvalue weighted by Gasteiger charge is -2.38. The molecular weight excluding hydrogens is 366 g/mol. The van der Waals surface area contributed by atoms with Gasteiger partial charge in [-0.3, -0.25) is 9.59 Å². The van der Waals surface area contributed by atoms with E-state index < -0.39 is 0 Å². The zero-order chi connectivity index (χ0) is 19.2. The molecular formula is C20H24ClN3O3. The Morgan fingerprint density at radius 2 is 2.22 bits per heavy atom. The number of hydrogen-bond donors (Lipinski definition) is 1. The Morgan fingerprint density at radius 3 is 2.93 bits per heavy atom. The van der Waals surface area contributed by atoms with Crippen molar-refractivity contribution in [3.63, 3.8) is 0 Å². The van der Waals surface area contributed by atoms with Gasteiger partial charge in [0.1, 0.15) is 10.9 Å². The number of likely N-dealkylation sites (tertiary alicyclic amines) is 1. The van der Waals surface area contributed by atoms with E-state index in [4.69, 9.17) is 16.0 Å². The van der Waals surface area contributed by atoms with E-state index in [0.717, 1.165) is 18.6 Å². The van der Waals surface area contributed by atoms with Crippen LogP contribution in [0.4, 0.5) is 0 Å². The van der Waals surface area contributed by atoms with Crippen LogP contribution in [0.5, 0.6) is 0 Å². The zero-order valence-corrected chi connectivity index (χ0v) is 16.1. The van der Waals surface area contributed by atoms with E-state index in [1.54, 1.807) is 30.7 Å². The van der Waals surface area contributed by atoms with Crippen molar-refractivity contribution in [2.45, 2.75) is 32.7 Å². The second kappa shape index (κ2) is 9.04. The van der Waals surface area contributed by atoms with E-state index >= 15 is 0 Å². The Kier molecular flexibility index (Phi) is 6.50. The molecule has 0 radical (unpaired) electrons. The fraction of sp³-hybridized carbons (Fsp3) is 0.450. The summed E-state index contributed by atoms with van der Waals surface area (Å²) in [6.07, 6.45) is 5.36. The van der Waals surface area contributed by atoms with E-state index in [2.05, 4.69) is 17.2 Å². The predicted octanol–water partition coefficient (Wildman–Crippen LogP) is 3.52. The van der Waals surface area contributed by atoms with Gasteiger partial charge >= 0.3 is 0 Å². The van der Waals surface area contributed by atoms with Crippen LogP contribution < -0.4 is 5.32 Å². The van der Waals surface area contributed by atoms with Gasteiger partial charge in [-0.2, -0.15) is 0 Å². The Bertz CT molecular complexity index is 779. The largest absolute Gasteiger partial charge is 0.467 e. The fourth-order valence-corrected chi connectivity index (χ4v) is 3.80. The average molecular weight is 390 g/mol. The van der Waals surface area contributed by atoms with Gasteiger partial charge in [-0.05, 0) is 42.5 Å². The van der Waals surface area contributed by atoms with E-state index in [1.165, 1.54) is 0 Å². The number of carbonyl (C=O) groups excluding carboxylic acids is 2. The standard InChI is InChI=1S/C20H24ClN3O3/c1-2-14-13-24(20(26)16-5-7-22-18(21)10-16)8-6-15(14)11-19(25)23-12-17-4-3-9-27-17/h3-5,7,9-10,14-15H,2,6,8,11-13H2,1H3,(H,23,25). The van der Waals surface area contributed by atoms with Crippen LogP contribution in [0.15, 0.2) is 41.1 Å². The topological polar surface area (TPSA) is 75.4 Å². The highest BCUT2D eigenvalue weighted by atomic mass is 35.5. The van der Waals surface area contributed by atoms with Crippen molar-refractivity contribution in [1.29, 1.82) is 0 Å². The minimum absolute atomic E-state index is 0.0237. The first kappa shape index (κ1) is 19.4. The van der Waals surface area contributed by atoms with E-state index in [-0.39, 0.29) is 17.7 Å². The fourth-order valence-electron chi connectivity index (χ4n) is 3.62. The molecule has 1 fully saturated rings. The minimum atomic E-state index is -0.0292. The highest BCUT2D eigenvalue weighted by Crippen LogP contribution is 2.30. The minimum Gasteiger partial charge on any atom is -0.467 e. The molecule has 0 aliphatic carbocycles. The molecule has 6 nitrogen and oxygen atoms in total. The molecule has 1 aliphatic heterocycles. The molecule has 27 heavy (non-hydrogen) atoms. The maximum absolute atomic E-state index is 12.7. The van der Waals surface area contributed by atoms with Crippen molar-refractivity contribution < 1.29 is 14.0 Å². The van der Waals surface area contributed by atoms with Gasteiger partial charge in [0.2, 0.25) is 5.91 Å². The van der Waals surface area contributed by atoms with E-state index in [0.29, 0.717) is 42.7 Å². The van der Waals surface area contributed by atoms with Gasteiger partial charge in [-0.25, -0.2) is 4.98 Å². The number of amides is 2. The monoisotopic (exact) mass is 389 g/mol. The molecule has 0 saturated carbocycles. The summed E-state index contributed by atoms with van der Waals surface area (Å²) in [5.41, 5.74) is 0.555. The van der Waals surface area contributed by atoms with Gasteiger partial charge in [0, 0.05) is 31.3 Å². The molecule has 1 aliphatic rings. The summed E-state index contributed by atoms with van der Waals surface area (Å²) in [4.78, 5) is 30.8. The summed E-state index contributed by atoms with van der Waals surface area (Å²) in [6.45, 7) is 3.81. The number of aromatic nitrogens is 1. The Morgan fingerprint density at radius 1 is 1.37 bits per heavy atom. The maximum Gasteiger partial charge on any atom is 0.254 e. The molecule has 3 rings (SSSR count). The smallest absolute Gasteiger partial charge is 0.254 e. The number of pyridine rings is 1. The van der Waals surface area contributed by atoms with E-state index in [1.807, 2.05) is 11.0 Å². The molecule has 0 bridgehead atoms. The van der Waals surface area contributed by atoms with Gasteiger partial charge in [0.15, 0.2) is 0 Å². The molecule has 2 aromatic rings. The number of nitrogens with zero attached hydrogens (tertiary/aromatic N) is 2. The van der Waals surface area contributed by atoms with Crippen LogP contribution in [0.3, 0.4) is 0 Å². The van der Waals surface area contributed by atoms with Crippen molar-refractivity contribution in [2.24, 2.45) is 11.8 Å². The van der Waals surface area contributed by atoms with Gasteiger partial charge in [-0.1, -0.05) is 24.9 Å². The van der Waals surface area contributed by atoms with Crippen molar-refractivity contribution in [3.05, 3.63) is 53.2 Å². The van der Waals surface area contributed by atoms with Crippen molar-refractivity contribution in [3.8, 4) is 0 Å². The SMILES string of the molecule is CCC1CN(C(=O)c2ccnc(Cl)c2)CCC1CC(=O)NCc1ccco1. The molecule has 0 aromatic carbocycles. The van der Waals surface area contributed by atoms with Gasteiger partial charge in [0.25, 0.3) is 5.91 Å². The first-order valence-electron chi connectivity index (χ1n) is 9.26.